The van der Waals surface area contributed by atoms with Crippen molar-refractivity contribution in [3.63, 3.8) is 0 Å². The molecule has 0 saturated carbocycles. The summed E-state index contributed by atoms with van der Waals surface area (Å²) in [5, 5.41) is 0.0367. The number of carbonyl (C=O) groups excluding carboxylic acids is 1. The van der Waals surface area contributed by atoms with E-state index < -0.39 is 17.4 Å². The van der Waals surface area contributed by atoms with Crippen LogP contribution in [0.5, 0.6) is 0 Å². The van der Waals surface area contributed by atoms with Gasteiger partial charge in [-0.1, -0.05) is 17.7 Å². The van der Waals surface area contributed by atoms with Crippen LogP contribution in [0, 0.1) is 5.82 Å². The molecule has 106 valence electrons. The molecule has 0 spiro atoms. The maximum atomic E-state index is 13.8. The molecule has 6 heteroatoms. The molecule has 0 atom stereocenters. The van der Waals surface area contributed by atoms with Crippen LogP contribution in [0.15, 0.2) is 45.6 Å². The summed E-state index contributed by atoms with van der Waals surface area (Å²) in [6.07, 6.45) is 0. The van der Waals surface area contributed by atoms with Gasteiger partial charge in [0.15, 0.2) is 11.4 Å². The first-order chi connectivity index (χ1) is 9.99. The molecule has 1 aromatic heterocycles. The Balaban J connectivity index is 2.16. The number of hydrogen-bond donors (Lipinski definition) is 0. The van der Waals surface area contributed by atoms with E-state index in [0.717, 1.165) is 0 Å². The molecule has 21 heavy (non-hydrogen) atoms. The fraction of sp³-hybridized carbons (Fsp3) is 0.0667. The number of aromatic nitrogens is 1. The van der Waals surface area contributed by atoms with E-state index in [9.17, 15) is 14.0 Å². The van der Waals surface area contributed by atoms with Crippen molar-refractivity contribution in [3.8, 4) is 0 Å². The molecule has 0 unspecified atom stereocenters. The predicted octanol–water partition coefficient (Wildman–Crippen LogP) is 3.16. The number of fused-ring (bicyclic) bond motifs is 1. The highest BCUT2D eigenvalue weighted by atomic mass is 35.5. The number of aryl methyl sites for hydroxylation is 1. The molecule has 0 aliphatic heterocycles. The molecule has 2 aromatic carbocycles. The molecule has 0 bridgehead atoms. The summed E-state index contributed by atoms with van der Waals surface area (Å²) in [5.41, 5.74) is 0.817. The number of rotatable bonds is 2. The fourth-order valence-electron chi connectivity index (χ4n) is 2.13. The fourth-order valence-corrected chi connectivity index (χ4v) is 2.38. The summed E-state index contributed by atoms with van der Waals surface area (Å²) < 4.78 is 20.1. The van der Waals surface area contributed by atoms with E-state index in [1.807, 2.05) is 0 Å². The highest BCUT2D eigenvalue weighted by molar-refractivity contribution is 6.35. The molecule has 0 radical (unpaired) electrons. The normalized spacial score (nSPS) is 11.0. The summed E-state index contributed by atoms with van der Waals surface area (Å²) in [6.45, 7) is 0. The van der Waals surface area contributed by atoms with Crippen molar-refractivity contribution in [2.45, 2.75) is 0 Å². The van der Waals surface area contributed by atoms with Crippen molar-refractivity contribution < 1.29 is 13.6 Å². The number of benzene rings is 2. The van der Waals surface area contributed by atoms with Gasteiger partial charge in [-0.2, -0.15) is 0 Å². The van der Waals surface area contributed by atoms with Crippen LogP contribution >= 0.6 is 11.6 Å². The zero-order valence-corrected chi connectivity index (χ0v) is 11.6. The van der Waals surface area contributed by atoms with Gasteiger partial charge >= 0.3 is 5.76 Å². The second-order valence-electron chi connectivity index (χ2n) is 4.54. The van der Waals surface area contributed by atoms with Crippen LogP contribution < -0.4 is 5.76 Å². The molecular weight excluding hydrogens is 297 g/mol. The van der Waals surface area contributed by atoms with Crippen LogP contribution in [-0.4, -0.2) is 10.4 Å². The molecule has 0 N–H and O–H groups in total. The number of hydrogen-bond acceptors (Lipinski definition) is 3. The lowest BCUT2D eigenvalue weighted by Gasteiger charge is -2.05. The summed E-state index contributed by atoms with van der Waals surface area (Å²) in [5.74, 6) is -1.79. The topological polar surface area (TPSA) is 52.2 Å². The minimum absolute atomic E-state index is 0.0367. The second kappa shape index (κ2) is 4.86. The predicted molar refractivity (Wildman–Crippen MR) is 76.3 cm³/mol. The maximum absolute atomic E-state index is 13.8. The van der Waals surface area contributed by atoms with Gasteiger partial charge in [0.1, 0.15) is 5.82 Å². The first-order valence-electron chi connectivity index (χ1n) is 6.07. The van der Waals surface area contributed by atoms with Crippen LogP contribution in [0.3, 0.4) is 0 Å². The molecular formula is C15H9ClFNO3. The third-order valence-corrected chi connectivity index (χ3v) is 3.56. The van der Waals surface area contributed by atoms with E-state index in [4.69, 9.17) is 16.0 Å². The minimum atomic E-state index is -0.692. The van der Waals surface area contributed by atoms with Crippen molar-refractivity contribution >= 4 is 28.5 Å². The van der Waals surface area contributed by atoms with Crippen LogP contribution in [0.25, 0.3) is 11.1 Å². The van der Waals surface area contributed by atoms with Crippen molar-refractivity contribution in [1.82, 2.24) is 4.57 Å². The van der Waals surface area contributed by atoms with Gasteiger partial charge in [0.25, 0.3) is 0 Å². The SMILES string of the molecule is Cn1c(=O)oc2cc(C(=O)c3c(F)cccc3Cl)ccc21. The monoisotopic (exact) mass is 305 g/mol. The Kier molecular flexibility index (Phi) is 3.14. The van der Waals surface area contributed by atoms with Gasteiger partial charge in [-0.15, -0.1) is 0 Å². The van der Waals surface area contributed by atoms with Crippen molar-refractivity contribution in [1.29, 1.82) is 0 Å². The van der Waals surface area contributed by atoms with E-state index in [0.29, 0.717) is 5.52 Å². The number of carbonyl (C=O) groups is 1. The average molecular weight is 306 g/mol. The smallest absolute Gasteiger partial charge is 0.408 e. The molecule has 0 fully saturated rings. The maximum Gasteiger partial charge on any atom is 0.419 e. The quantitative estimate of drug-likeness (QED) is 0.683. The van der Waals surface area contributed by atoms with Crippen LogP contribution in [0.4, 0.5) is 4.39 Å². The number of halogens is 2. The zero-order chi connectivity index (χ0) is 15.1. The lowest BCUT2D eigenvalue weighted by atomic mass is 10.0. The van der Waals surface area contributed by atoms with E-state index >= 15 is 0 Å². The molecule has 4 nitrogen and oxygen atoms in total. The van der Waals surface area contributed by atoms with Crippen molar-refractivity contribution in [2.75, 3.05) is 0 Å². The highest BCUT2D eigenvalue weighted by Gasteiger charge is 2.19. The van der Waals surface area contributed by atoms with Gasteiger partial charge in [0.05, 0.1) is 16.1 Å². The Morgan fingerprint density at radius 2 is 2.05 bits per heavy atom. The van der Waals surface area contributed by atoms with Gasteiger partial charge in [-0.05, 0) is 30.3 Å². The summed E-state index contributed by atoms with van der Waals surface area (Å²) in [4.78, 5) is 23.8. The van der Waals surface area contributed by atoms with E-state index in [2.05, 4.69) is 0 Å². The van der Waals surface area contributed by atoms with Gasteiger partial charge in [0.2, 0.25) is 0 Å². The standard InChI is InChI=1S/C15H9ClFNO3/c1-18-11-6-5-8(7-12(11)21-15(18)20)14(19)13-9(16)3-2-4-10(13)17/h2-7H,1H3. The molecule has 0 saturated heterocycles. The molecule has 0 aliphatic carbocycles. The first-order valence-corrected chi connectivity index (χ1v) is 6.45. The summed E-state index contributed by atoms with van der Waals surface area (Å²) in [6, 6.07) is 8.51. The number of nitrogens with zero attached hydrogens (tertiary/aromatic N) is 1. The summed E-state index contributed by atoms with van der Waals surface area (Å²) in [7, 11) is 1.56. The second-order valence-corrected chi connectivity index (χ2v) is 4.94. The van der Waals surface area contributed by atoms with Gasteiger partial charge in [-0.25, -0.2) is 9.18 Å². The first kappa shape index (κ1) is 13.6. The van der Waals surface area contributed by atoms with E-state index in [1.54, 1.807) is 13.1 Å². The lowest BCUT2D eigenvalue weighted by molar-refractivity contribution is 0.103. The minimum Gasteiger partial charge on any atom is -0.408 e. The van der Waals surface area contributed by atoms with Gasteiger partial charge in [-0.3, -0.25) is 9.36 Å². The zero-order valence-electron chi connectivity index (χ0n) is 10.9. The van der Waals surface area contributed by atoms with Gasteiger partial charge < -0.3 is 4.42 Å². The van der Waals surface area contributed by atoms with Crippen molar-refractivity contribution in [2.24, 2.45) is 7.05 Å². The third-order valence-electron chi connectivity index (χ3n) is 3.24. The largest absolute Gasteiger partial charge is 0.419 e. The summed E-state index contributed by atoms with van der Waals surface area (Å²) >= 11 is 5.88. The number of oxazole rings is 1. The van der Waals surface area contributed by atoms with Crippen molar-refractivity contribution in [3.05, 3.63) is 68.9 Å². The third kappa shape index (κ3) is 2.15. The molecule has 0 amide bonds. The molecule has 3 rings (SSSR count). The number of ketones is 1. The van der Waals surface area contributed by atoms with Crippen LogP contribution in [-0.2, 0) is 7.05 Å². The van der Waals surface area contributed by atoms with E-state index in [-0.39, 0.29) is 21.7 Å². The molecule has 3 aromatic rings. The molecule has 0 aliphatic rings. The Bertz CT molecular complexity index is 906. The average Bonchev–Trinajstić information content (AvgIpc) is 2.73. The Morgan fingerprint density at radius 3 is 2.76 bits per heavy atom. The Morgan fingerprint density at radius 1 is 1.29 bits per heavy atom. The lowest BCUT2D eigenvalue weighted by Crippen LogP contribution is -2.08. The van der Waals surface area contributed by atoms with Crippen LogP contribution in [0.2, 0.25) is 5.02 Å². The van der Waals surface area contributed by atoms with E-state index in [1.165, 1.54) is 34.9 Å². The molecule has 1 heterocycles. The van der Waals surface area contributed by atoms with Gasteiger partial charge in [0, 0.05) is 12.6 Å². The van der Waals surface area contributed by atoms with Crippen LogP contribution in [0.1, 0.15) is 15.9 Å². The highest BCUT2D eigenvalue weighted by Crippen LogP contribution is 2.24. The Labute approximate surface area is 123 Å². The Hall–Kier alpha value is -2.40.